The van der Waals surface area contributed by atoms with Crippen molar-refractivity contribution in [2.24, 2.45) is 20.9 Å². The SMILES string of the molecule is CCc1cc(O)cc(COc2c(OC3OC(C(=O)O)C4(O)C(C5=NC=NC5)C(Cc5cccc6c5CC(=O)CN6)=CC3(O)C4O)cc3c(c2O)C(O)=CC(c2ccc(OCCC4=NC(=N)C=C4)cc2)O3)c1. The maximum atomic E-state index is 13.3. The second-order valence-electron chi connectivity index (χ2n) is 18.1. The van der Waals surface area contributed by atoms with E-state index < -0.39 is 70.7 Å². The number of ether oxygens (including phenoxy) is 5. The van der Waals surface area contributed by atoms with Gasteiger partial charge in [0.15, 0.2) is 29.0 Å². The molecule has 5 aliphatic heterocycles. The monoisotopic (exact) mass is 967 g/mol. The van der Waals surface area contributed by atoms with E-state index in [2.05, 4.69) is 20.3 Å². The Morgan fingerprint density at radius 3 is 2.55 bits per heavy atom. The molecule has 0 saturated carbocycles. The number of anilines is 1. The number of aliphatic imine (C=N–C) groups is 3. The number of aryl methyl sites for hydroxylation is 1. The molecule has 1 aliphatic carbocycles. The van der Waals surface area contributed by atoms with Gasteiger partial charge in [0.25, 0.3) is 0 Å². The van der Waals surface area contributed by atoms with Gasteiger partial charge in [0.1, 0.15) is 65.2 Å². The number of hydrogen-bond donors (Lipinski definition) is 9. The Balaban J connectivity index is 1.03. The zero-order valence-electron chi connectivity index (χ0n) is 38.1. The number of rotatable bonds is 15. The number of carbonyl (C=O) groups is 2. The minimum absolute atomic E-state index is 0.0430. The molecule has 71 heavy (non-hydrogen) atoms. The number of aliphatic carboxylic acids is 1. The van der Waals surface area contributed by atoms with Crippen molar-refractivity contribution < 1.29 is 69.0 Å². The van der Waals surface area contributed by atoms with Gasteiger partial charge in [-0.3, -0.25) is 15.2 Å². The molecule has 0 amide bonds. The second kappa shape index (κ2) is 18.5. The highest BCUT2D eigenvalue weighted by Gasteiger charge is 2.71. The Labute approximate surface area is 405 Å². The van der Waals surface area contributed by atoms with Crippen LogP contribution in [0.15, 0.2) is 112 Å². The van der Waals surface area contributed by atoms with Crippen molar-refractivity contribution >= 4 is 46.8 Å². The summed E-state index contributed by atoms with van der Waals surface area (Å²) in [7, 11) is 0. The Kier molecular flexibility index (Phi) is 12.2. The van der Waals surface area contributed by atoms with E-state index in [0.29, 0.717) is 53.1 Å². The molecule has 7 atom stereocenters. The summed E-state index contributed by atoms with van der Waals surface area (Å²) in [5, 5.41) is 93.4. The minimum Gasteiger partial charge on any atom is -0.508 e. The van der Waals surface area contributed by atoms with Crippen molar-refractivity contribution in [1.82, 2.24) is 0 Å². The van der Waals surface area contributed by atoms with Crippen molar-refractivity contribution in [3.63, 3.8) is 0 Å². The average molecular weight is 968 g/mol. The lowest BCUT2D eigenvalue weighted by atomic mass is 9.60. The van der Waals surface area contributed by atoms with Crippen LogP contribution in [0, 0.1) is 11.3 Å². The molecule has 9 N–H and O–H groups in total. The Hall–Kier alpha value is -7.84. The number of Topliss-reactive ketones (excluding diaryl/α,β-unsaturated/α-hetero) is 1. The van der Waals surface area contributed by atoms with Crippen LogP contribution in [-0.2, 0) is 40.2 Å². The molecule has 7 unspecified atom stereocenters. The molecule has 10 rings (SSSR count). The highest BCUT2D eigenvalue weighted by Crippen LogP contribution is 2.54. The van der Waals surface area contributed by atoms with E-state index in [9.17, 15) is 45.3 Å². The van der Waals surface area contributed by atoms with Gasteiger partial charge in [-0.25, -0.2) is 14.8 Å². The van der Waals surface area contributed by atoms with Gasteiger partial charge in [0, 0.05) is 36.4 Å². The first-order valence-electron chi connectivity index (χ1n) is 22.9. The molecule has 1 fully saturated rings. The normalized spacial score (nSPS) is 26.0. The average Bonchev–Trinajstić information content (AvgIpc) is 4.03. The second-order valence-corrected chi connectivity index (χ2v) is 18.1. The van der Waals surface area contributed by atoms with Crippen molar-refractivity contribution in [3.8, 4) is 34.5 Å². The zero-order valence-corrected chi connectivity index (χ0v) is 38.1. The summed E-state index contributed by atoms with van der Waals surface area (Å²) in [5.41, 5.74) is -0.776. The van der Waals surface area contributed by atoms with Crippen LogP contribution < -0.4 is 24.3 Å². The minimum atomic E-state index is -2.79. The number of carbonyl (C=O) groups excluding carboxylic acids is 1. The van der Waals surface area contributed by atoms with Crippen LogP contribution in [0.4, 0.5) is 5.69 Å². The standard InChI is InChI=1S/C52H49N5O14/c1-2-26-14-27(16-32(58)15-26)24-68-46-41(20-40-43(45(46)61)38(60)19-39(69-40)28-6-9-34(10-7-28)67-13-12-31-8-11-42(53)57-31)70-50-51(65)21-30(17-29-4-3-5-36-35(29)18-33(59)22-55-36)44(37-23-54-25-56-37)52(66,49(51)64)47(71-50)48(62)63/h3-11,14-16,19-21,25,39,44,47,49-50,53,55,58,60-61,64-66H,2,12-13,17-18,22-24H2,1H3,(H,62,63). The van der Waals surface area contributed by atoms with E-state index in [1.807, 2.05) is 13.0 Å². The maximum absolute atomic E-state index is 13.3. The number of phenols is 2. The predicted molar refractivity (Wildman–Crippen MR) is 257 cm³/mol. The Morgan fingerprint density at radius 2 is 1.82 bits per heavy atom. The van der Waals surface area contributed by atoms with Crippen LogP contribution in [0.3, 0.4) is 0 Å². The van der Waals surface area contributed by atoms with Gasteiger partial charge in [-0.15, -0.1) is 0 Å². The first-order chi connectivity index (χ1) is 34.1. The van der Waals surface area contributed by atoms with Crippen LogP contribution >= 0.6 is 0 Å². The number of carboxylic acids is 1. The van der Waals surface area contributed by atoms with Crippen LogP contribution in [0.2, 0.25) is 0 Å². The molecule has 4 aromatic carbocycles. The number of allylic oxidation sites excluding steroid dienone is 1. The van der Waals surface area contributed by atoms with E-state index in [1.54, 1.807) is 60.7 Å². The van der Waals surface area contributed by atoms with Crippen LogP contribution in [-0.4, -0.2) is 120 Å². The molecular weight excluding hydrogens is 919 g/mol. The molecule has 5 heterocycles. The van der Waals surface area contributed by atoms with E-state index in [1.165, 1.54) is 30.6 Å². The summed E-state index contributed by atoms with van der Waals surface area (Å²) in [6, 6.07) is 18.3. The van der Waals surface area contributed by atoms with Crippen LogP contribution in [0.1, 0.15) is 52.8 Å². The molecule has 0 radical (unpaired) electrons. The number of nitrogens with one attached hydrogen (secondary N) is 2. The lowest BCUT2D eigenvalue weighted by molar-refractivity contribution is -0.338. The summed E-state index contributed by atoms with van der Waals surface area (Å²) >= 11 is 0. The van der Waals surface area contributed by atoms with Crippen LogP contribution in [0.5, 0.6) is 34.5 Å². The molecule has 6 aliphatic rings. The molecule has 0 aromatic heterocycles. The van der Waals surface area contributed by atoms with E-state index in [-0.39, 0.29) is 72.5 Å². The van der Waals surface area contributed by atoms with Gasteiger partial charge >= 0.3 is 5.97 Å². The van der Waals surface area contributed by atoms with Crippen LogP contribution in [0.25, 0.3) is 5.76 Å². The largest absolute Gasteiger partial charge is 0.508 e. The van der Waals surface area contributed by atoms with Gasteiger partial charge < -0.3 is 64.7 Å². The van der Waals surface area contributed by atoms with Gasteiger partial charge in [-0.05, 0) is 89.2 Å². The summed E-state index contributed by atoms with van der Waals surface area (Å²) in [4.78, 5) is 38.6. The van der Waals surface area contributed by atoms with E-state index in [4.69, 9.17) is 29.1 Å². The highest BCUT2D eigenvalue weighted by atomic mass is 16.7. The number of ketones is 1. The summed E-state index contributed by atoms with van der Waals surface area (Å²) in [6.45, 7) is 1.98. The number of carboxylic acid groups (broad SMARTS) is 1. The lowest BCUT2D eigenvalue weighted by Gasteiger charge is -2.57. The zero-order chi connectivity index (χ0) is 49.8. The third kappa shape index (κ3) is 8.66. The number of hydrogen-bond acceptors (Lipinski definition) is 17. The van der Waals surface area contributed by atoms with Gasteiger partial charge in [0.05, 0.1) is 31.3 Å². The molecule has 19 heteroatoms. The Morgan fingerprint density at radius 1 is 1.01 bits per heavy atom. The summed E-state index contributed by atoms with van der Waals surface area (Å²) in [5.74, 6) is -4.55. The first kappa shape index (κ1) is 46.9. The van der Waals surface area contributed by atoms with Crippen molar-refractivity contribution in [3.05, 3.63) is 130 Å². The third-order valence-corrected chi connectivity index (χ3v) is 13.4. The molecule has 0 spiro atoms. The predicted octanol–water partition coefficient (Wildman–Crippen LogP) is 4.86. The number of benzene rings is 4. The highest BCUT2D eigenvalue weighted by molar-refractivity contribution is 6.14. The fraction of sp³-hybridized carbons (Fsp3) is 0.308. The van der Waals surface area contributed by atoms with Gasteiger partial charge in [-0.2, -0.15) is 0 Å². The molecular formula is C52H49N5O14. The molecule has 366 valence electrons. The molecule has 4 aromatic rings. The number of nitrogens with zero attached hydrogens (tertiary/aromatic N) is 3. The molecule has 19 nitrogen and oxygen atoms in total. The number of phenolic OH excluding ortho intramolecular Hbond substituents is 2. The number of amidine groups is 1. The third-order valence-electron chi connectivity index (χ3n) is 13.4. The smallest absolute Gasteiger partial charge is 0.336 e. The maximum Gasteiger partial charge on any atom is 0.336 e. The molecule has 1 saturated heterocycles. The Bertz CT molecular complexity index is 3050. The summed E-state index contributed by atoms with van der Waals surface area (Å²) in [6.07, 6.45) is 0.619. The van der Waals surface area contributed by atoms with Gasteiger partial charge in [-0.1, -0.05) is 42.8 Å². The number of aliphatic hydroxyl groups excluding tert-OH is 2. The number of aromatic hydroxyl groups is 2. The number of aliphatic hydroxyl groups is 4. The quantitative estimate of drug-likeness (QED) is 0.0719. The van der Waals surface area contributed by atoms with Crippen molar-refractivity contribution in [2.75, 3.05) is 25.0 Å². The fourth-order valence-corrected chi connectivity index (χ4v) is 10.0. The summed E-state index contributed by atoms with van der Waals surface area (Å²) < 4.78 is 30.9. The van der Waals surface area contributed by atoms with Crippen molar-refractivity contribution in [1.29, 1.82) is 5.41 Å². The fourth-order valence-electron chi connectivity index (χ4n) is 10.0. The lowest BCUT2D eigenvalue weighted by Crippen LogP contribution is -2.79. The van der Waals surface area contributed by atoms with Gasteiger partial charge in [0.2, 0.25) is 12.0 Å². The first-order valence-corrected chi connectivity index (χ1v) is 22.9. The van der Waals surface area contributed by atoms with E-state index in [0.717, 1.165) is 11.3 Å². The van der Waals surface area contributed by atoms with E-state index >= 15 is 0 Å². The van der Waals surface area contributed by atoms with Crippen molar-refractivity contribution in [2.45, 2.75) is 75.0 Å². The topological polar surface area (TPSA) is 295 Å². The number of fused-ring (bicyclic) bond motifs is 4. The molecule has 2 bridgehead atoms.